The minimum Gasteiger partial charge on any atom is -0.370 e. The monoisotopic (exact) mass is 211 g/mol. The number of nitrogens with zero attached hydrogens (tertiary/aromatic N) is 3. The van der Waals surface area contributed by atoms with Crippen LogP contribution in [0.5, 0.6) is 0 Å². The normalized spacial score (nSPS) is 12.1. The predicted octanol–water partition coefficient (Wildman–Crippen LogP) is 0.172. The minimum absolute atomic E-state index is 0.465. The van der Waals surface area contributed by atoms with E-state index in [4.69, 9.17) is 5.73 Å². The number of nitrogens with two attached hydrogens (primary N) is 1. The van der Waals surface area contributed by atoms with E-state index in [-0.39, 0.29) is 0 Å². The van der Waals surface area contributed by atoms with E-state index in [1.807, 2.05) is 0 Å². The zero-order valence-corrected chi connectivity index (χ0v) is 9.10. The van der Waals surface area contributed by atoms with Gasteiger partial charge in [0, 0.05) is 19.5 Å². The number of nitrogens with one attached hydrogen (secondary N) is 1. The van der Waals surface area contributed by atoms with Gasteiger partial charge in [-0.2, -0.15) is 4.98 Å². The van der Waals surface area contributed by atoms with Crippen LogP contribution in [-0.2, 0) is 6.42 Å². The van der Waals surface area contributed by atoms with Gasteiger partial charge in [-0.15, -0.1) is 0 Å². The zero-order valence-electron chi connectivity index (χ0n) is 9.10. The highest BCUT2D eigenvalue weighted by Crippen LogP contribution is 1.91. The number of hydrogen-bond acceptors (Lipinski definition) is 4. The predicted molar refractivity (Wildman–Crippen MR) is 57.3 cm³/mol. The quantitative estimate of drug-likeness (QED) is 0.535. The Morgan fingerprint density at radius 3 is 3.07 bits per heavy atom. The zero-order chi connectivity index (χ0) is 11.1. The molecule has 6 nitrogen and oxygen atoms in total. The molecule has 0 spiro atoms. The van der Waals surface area contributed by atoms with Crippen molar-refractivity contribution in [1.29, 1.82) is 0 Å². The number of aromatic nitrogens is 2. The molecule has 0 fully saturated rings. The lowest BCUT2D eigenvalue weighted by Crippen LogP contribution is -2.33. The Morgan fingerprint density at radius 1 is 1.67 bits per heavy atom. The van der Waals surface area contributed by atoms with E-state index in [0.717, 1.165) is 6.54 Å². The fraction of sp³-hybridized carbons (Fsp3) is 0.667. The van der Waals surface area contributed by atoms with Gasteiger partial charge in [-0.1, -0.05) is 19.0 Å². The van der Waals surface area contributed by atoms with Crippen molar-refractivity contribution < 1.29 is 4.52 Å². The van der Waals surface area contributed by atoms with Crippen molar-refractivity contribution in [3.63, 3.8) is 0 Å². The van der Waals surface area contributed by atoms with Gasteiger partial charge in [-0.25, -0.2) is 0 Å². The lowest BCUT2D eigenvalue weighted by Gasteiger charge is -2.04. The molecule has 6 heteroatoms. The second-order valence-corrected chi connectivity index (χ2v) is 3.64. The van der Waals surface area contributed by atoms with Gasteiger partial charge in [0.05, 0.1) is 0 Å². The topological polar surface area (TPSA) is 89.3 Å². The van der Waals surface area contributed by atoms with Gasteiger partial charge in [0.25, 0.3) is 0 Å². The molecule has 0 aliphatic rings. The lowest BCUT2D eigenvalue weighted by molar-refractivity contribution is 0.410. The number of aliphatic imine (C=N–C) groups is 1. The molecule has 0 aliphatic carbocycles. The number of rotatable bonds is 5. The third kappa shape index (κ3) is 4.99. The summed E-state index contributed by atoms with van der Waals surface area (Å²) in [6.07, 6.45) is 1.99. The molecule has 0 bridgehead atoms. The van der Waals surface area contributed by atoms with Gasteiger partial charge >= 0.3 is 0 Å². The van der Waals surface area contributed by atoms with Crippen LogP contribution in [0.25, 0.3) is 0 Å². The van der Waals surface area contributed by atoms with E-state index in [0.29, 0.717) is 30.7 Å². The molecule has 1 heterocycles. The van der Waals surface area contributed by atoms with Crippen molar-refractivity contribution in [3.05, 3.63) is 12.2 Å². The molecular formula is C9H17N5O. The molecule has 0 aromatic carbocycles. The molecule has 0 aliphatic heterocycles. The van der Waals surface area contributed by atoms with Crippen LogP contribution in [0.2, 0.25) is 0 Å². The second-order valence-electron chi connectivity index (χ2n) is 3.64. The first-order valence-corrected chi connectivity index (χ1v) is 4.97. The molecule has 0 radical (unpaired) electrons. The summed E-state index contributed by atoms with van der Waals surface area (Å²) < 4.78 is 4.60. The molecule has 1 aromatic rings. The summed E-state index contributed by atoms with van der Waals surface area (Å²) in [6.45, 7) is 5.58. The molecule has 3 N–H and O–H groups in total. The van der Waals surface area contributed by atoms with Gasteiger partial charge in [0.1, 0.15) is 0 Å². The van der Waals surface area contributed by atoms with Crippen molar-refractivity contribution in [1.82, 2.24) is 15.5 Å². The maximum atomic E-state index is 5.64. The van der Waals surface area contributed by atoms with Crippen LogP contribution < -0.4 is 11.1 Å². The summed E-state index contributed by atoms with van der Waals surface area (Å²) in [5.74, 6) is 1.65. The Morgan fingerprint density at radius 2 is 2.47 bits per heavy atom. The molecular weight excluding hydrogens is 194 g/mol. The van der Waals surface area contributed by atoms with Crippen LogP contribution in [0.15, 0.2) is 15.9 Å². The summed E-state index contributed by atoms with van der Waals surface area (Å²) in [4.78, 5) is 8.05. The molecule has 1 aromatic heterocycles. The Kier molecular flexibility index (Phi) is 4.59. The maximum Gasteiger partial charge on any atom is 0.213 e. The third-order valence-corrected chi connectivity index (χ3v) is 1.69. The van der Waals surface area contributed by atoms with Gasteiger partial charge in [-0.3, -0.25) is 4.99 Å². The smallest absolute Gasteiger partial charge is 0.213 e. The second kappa shape index (κ2) is 6.00. The molecule has 0 saturated carbocycles. The Balaban J connectivity index is 2.17. The van der Waals surface area contributed by atoms with Crippen LogP contribution >= 0.6 is 0 Å². The number of guanidine groups is 1. The van der Waals surface area contributed by atoms with Crippen LogP contribution in [0.4, 0.5) is 0 Å². The molecule has 84 valence electrons. The number of hydrogen-bond donors (Lipinski definition) is 2. The lowest BCUT2D eigenvalue weighted by atomic mass is 10.2. The van der Waals surface area contributed by atoms with Crippen molar-refractivity contribution in [2.75, 3.05) is 13.1 Å². The van der Waals surface area contributed by atoms with E-state index < -0.39 is 0 Å². The molecule has 15 heavy (non-hydrogen) atoms. The van der Waals surface area contributed by atoms with Crippen molar-refractivity contribution >= 4 is 5.96 Å². The van der Waals surface area contributed by atoms with E-state index in [9.17, 15) is 0 Å². The summed E-state index contributed by atoms with van der Waals surface area (Å²) in [5.41, 5.74) is 5.64. The fourth-order valence-corrected chi connectivity index (χ4v) is 0.942. The van der Waals surface area contributed by atoms with Crippen LogP contribution in [0.1, 0.15) is 19.7 Å². The van der Waals surface area contributed by atoms with Gasteiger partial charge in [0.2, 0.25) is 6.39 Å². The maximum absolute atomic E-state index is 5.64. The van der Waals surface area contributed by atoms with Crippen LogP contribution in [-0.4, -0.2) is 29.2 Å². The van der Waals surface area contributed by atoms with Gasteiger partial charge in [-0.05, 0) is 5.92 Å². The Labute approximate surface area is 89.0 Å². The average Bonchev–Trinajstić information content (AvgIpc) is 2.67. The largest absolute Gasteiger partial charge is 0.370 e. The van der Waals surface area contributed by atoms with Crippen LogP contribution in [0.3, 0.4) is 0 Å². The first kappa shape index (κ1) is 11.5. The first-order valence-electron chi connectivity index (χ1n) is 4.97. The van der Waals surface area contributed by atoms with E-state index in [1.165, 1.54) is 6.39 Å². The Hall–Kier alpha value is -1.59. The highest BCUT2D eigenvalue weighted by Gasteiger charge is 1.98. The highest BCUT2D eigenvalue weighted by molar-refractivity contribution is 5.77. The third-order valence-electron chi connectivity index (χ3n) is 1.69. The fourth-order valence-electron chi connectivity index (χ4n) is 0.942. The summed E-state index contributed by atoms with van der Waals surface area (Å²) in [5, 5.41) is 6.66. The van der Waals surface area contributed by atoms with E-state index in [1.54, 1.807) is 0 Å². The minimum atomic E-state index is 0.465. The van der Waals surface area contributed by atoms with Crippen molar-refractivity contribution in [3.8, 4) is 0 Å². The van der Waals surface area contributed by atoms with Crippen molar-refractivity contribution in [2.45, 2.75) is 20.3 Å². The summed E-state index contributed by atoms with van der Waals surface area (Å²) in [7, 11) is 0. The average molecular weight is 211 g/mol. The Bertz CT molecular complexity index is 293. The summed E-state index contributed by atoms with van der Waals surface area (Å²) in [6, 6.07) is 0. The van der Waals surface area contributed by atoms with E-state index >= 15 is 0 Å². The first-order chi connectivity index (χ1) is 7.18. The molecule has 0 unspecified atom stereocenters. The standard InChI is InChI=1S/C9H17N5O/c1-7(2)5-12-9(10)11-4-3-8-13-6-15-14-8/h6-7H,3-5H2,1-2H3,(H3,10,11,12). The molecule has 0 saturated heterocycles. The van der Waals surface area contributed by atoms with Gasteiger partial charge in [0.15, 0.2) is 11.8 Å². The van der Waals surface area contributed by atoms with E-state index in [2.05, 4.69) is 38.8 Å². The summed E-state index contributed by atoms with van der Waals surface area (Å²) >= 11 is 0. The van der Waals surface area contributed by atoms with Crippen molar-refractivity contribution in [2.24, 2.45) is 16.6 Å². The van der Waals surface area contributed by atoms with Crippen LogP contribution in [0, 0.1) is 5.92 Å². The molecule has 1 rings (SSSR count). The van der Waals surface area contributed by atoms with Gasteiger partial charge < -0.3 is 15.6 Å². The SMILES string of the molecule is CC(C)CN=C(N)NCCc1ncon1. The highest BCUT2D eigenvalue weighted by atomic mass is 16.5. The molecule has 0 atom stereocenters. The molecule has 0 amide bonds.